The van der Waals surface area contributed by atoms with Gasteiger partial charge in [-0.2, -0.15) is 13.2 Å². The Hall–Kier alpha value is -4.51. The molecular weight excluding hydrogens is 574 g/mol. The van der Waals surface area contributed by atoms with Gasteiger partial charge in [-0.15, -0.1) is 0 Å². The van der Waals surface area contributed by atoms with Crippen LogP contribution in [0.15, 0.2) is 66.7 Å². The number of hydrogen-bond acceptors (Lipinski definition) is 3. The highest BCUT2D eigenvalue weighted by molar-refractivity contribution is 6.31. The van der Waals surface area contributed by atoms with Gasteiger partial charge in [-0.1, -0.05) is 23.7 Å². The monoisotopic (exact) mass is 590 g/mol. The standard InChI is InChI=1S/C29H17ClF6N2O3/c1-41-26-18(3-2-4-22(26)33)13-9-20-24(25(38-28(20)40)19-12-16(31)5-6-21(19)30)23(10-13)37-27(39)14-7-15(29(34,35)36)11-17(32)8-14/h2-12,25H,1H3,(H,37,39)(H,38,40). The van der Waals surface area contributed by atoms with E-state index in [1.165, 1.54) is 37.4 Å². The normalized spacial score (nSPS) is 14.4. The number of anilines is 1. The summed E-state index contributed by atoms with van der Waals surface area (Å²) in [4.78, 5) is 26.3. The summed E-state index contributed by atoms with van der Waals surface area (Å²) in [5.74, 6) is -4.64. The van der Waals surface area contributed by atoms with E-state index in [4.69, 9.17) is 16.3 Å². The van der Waals surface area contributed by atoms with Crippen LogP contribution < -0.4 is 15.4 Å². The number of hydrogen-bond donors (Lipinski definition) is 2. The first-order chi connectivity index (χ1) is 19.4. The lowest BCUT2D eigenvalue weighted by Gasteiger charge is -2.20. The second kappa shape index (κ2) is 10.5. The smallest absolute Gasteiger partial charge is 0.416 e. The van der Waals surface area contributed by atoms with E-state index in [1.54, 1.807) is 0 Å². The molecular formula is C29H17ClF6N2O3. The molecule has 0 bridgehead atoms. The van der Waals surface area contributed by atoms with Gasteiger partial charge in [0.2, 0.25) is 0 Å². The minimum absolute atomic E-state index is 0.00957. The number of fused-ring (bicyclic) bond motifs is 1. The molecule has 1 aliphatic heterocycles. The van der Waals surface area contributed by atoms with Gasteiger partial charge < -0.3 is 15.4 Å². The van der Waals surface area contributed by atoms with Crippen LogP contribution in [-0.2, 0) is 6.18 Å². The molecule has 2 amide bonds. The third kappa shape index (κ3) is 5.32. The molecule has 4 aromatic rings. The van der Waals surface area contributed by atoms with Gasteiger partial charge >= 0.3 is 6.18 Å². The van der Waals surface area contributed by atoms with Crippen LogP contribution >= 0.6 is 11.6 Å². The molecule has 2 N–H and O–H groups in total. The zero-order valence-corrected chi connectivity index (χ0v) is 21.6. The molecule has 41 heavy (non-hydrogen) atoms. The highest BCUT2D eigenvalue weighted by atomic mass is 35.5. The second-order valence-electron chi connectivity index (χ2n) is 9.06. The Morgan fingerprint density at radius 2 is 1.71 bits per heavy atom. The number of alkyl halides is 3. The highest BCUT2D eigenvalue weighted by Gasteiger charge is 2.36. The van der Waals surface area contributed by atoms with Crippen molar-refractivity contribution in [2.45, 2.75) is 12.2 Å². The molecule has 1 unspecified atom stereocenters. The molecule has 0 radical (unpaired) electrons. The van der Waals surface area contributed by atoms with Crippen molar-refractivity contribution in [1.29, 1.82) is 0 Å². The number of methoxy groups -OCH3 is 1. The maximum absolute atomic E-state index is 14.5. The van der Waals surface area contributed by atoms with E-state index >= 15 is 0 Å². The van der Waals surface area contributed by atoms with E-state index in [0.717, 1.165) is 18.2 Å². The predicted octanol–water partition coefficient (Wildman–Crippen LogP) is 7.54. The van der Waals surface area contributed by atoms with Crippen LogP contribution in [0.25, 0.3) is 11.1 Å². The van der Waals surface area contributed by atoms with Crippen molar-refractivity contribution < 1.29 is 40.7 Å². The average molecular weight is 591 g/mol. The molecule has 0 aliphatic carbocycles. The molecule has 0 saturated heterocycles. The predicted molar refractivity (Wildman–Crippen MR) is 138 cm³/mol. The van der Waals surface area contributed by atoms with E-state index in [2.05, 4.69) is 10.6 Å². The molecule has 0 aromatic heterocycles. The van der Waals surface area contributed by atoms with Crippen molar-refractivity contribution in [1.82, 2.24) is 5.32 Å². The van der Waals surface area contributed by atoms with Crippen molar-refractivity contribution in [2.75, 3.05) is 12.4 Å². The third-order valence-electron chi connectivity index (χ3n) is 6.48. The topological polar surface area (TPSA) is 67.4 Å². The Balaban J connectivity index is 1.70. The fraction of sp³-hybridized carbons (Fsp3) is 0.103. The number of rotatable bonds is 5. The van der Waals surface area contributed by atoms with E-state index in [1.807, 2.05) is 0 Å². The van der Waals surface area contributed by atoms with Crippen molar-refractivity contribution in [3.63, 3.8) is 0 Å². The average Bonchev–Trinajstić information content (AvgIpc) is 3.25. The Kier molecular flexibility index (Phi) is 7.16. The van der Waals surface area contributed by atoms with E-state index in [9.17, 15) is 35.9 Å². The Morgan fingerprint density at radius 3 is 2.41 bits per heavy atom. The van der Waals surface area contributed by atoms with Gasteiger partial charge in [-0.05, 0) is 60.2 Å². The summed E-state index contributed by atoms with van der Waals surface area (Å²) in [5.41, 5.74) is -1.51. The Labute approximate surface area is 233 Å². The van der Waals surface area contributed by atoms with E-state index < -0.39 is 52.6 Å². The van der Waals surface area contributed by atoms with Gasteiger partial charge in [0, 0.05) is 38.5 Å². The van der Waals surface area contributed by atoms with Crippen LogP contribution in [0, 0.1) is 17.5 Å². The lowest BCUT2D eigenvalue weighted by Crippen LogP contribution is -2.21. The van der Waals surface area contributed by atoms with Gasteiger partial charge in [0.25, 0.3) is 11.8 Å². The number of carbonyl (C=O) groups is 2. The summed E-state index contributed by atoms with van der Waals surface area (Å²) in [6.07, 6.45) is -4.93. The number of benzene rings is 4. The van der Waals surface area contributed by atoms with Crippen LogP contribution in [0.5, 0.6) is 5.75 Å². The van der Waals surface area contributed by atoms with Crippen molar-refractivity contribution in [3.05, 3.63) is 117 Å². The zero-order valence-electron chi connectivity index (χ0n) is 20.8. The fourth-order valence-corrected chi connectivity index (χ4v) is 4.91. The van der Waals surface area contributed by atoms with Gasteiger partial charge in [0.1, 0.15) is 11.6 Å². The largest absolute Gasteiger partial charge is 0.493 e. The van der Waals surface area contributed by atoms with Gasteiger partial charge in [0.05, 0.1) is 18.7 Å². The number of halogens is 7. The molecule has 5 rings (SSSR count). The van der Waals surface area contributed by atoms with Crippen LogP contribution in [-0.4, -0.2) is 18.9 Å². The van der Waals surface area contributed by atoms with Crippen molar-refractivity contribution >= 4 is 29.1 Å². The highest BCUT2D eigenvalue weighted by Crippen LogP contribution is 2.43. The molecule has 210 valence electrons. The maximum atomic E-state index is 14.5. The Bertz CT molecular complexity index is 1720. The first kappa shape index (κ1) is 28.0. The van der Waals surface area contributed by atoms with Crippen molar-refractivity contribution in [3.8, 4) is 16.9 Å². The molecule has 0 spiro atoms. The molecule has 0 saturated carbocycles. The van der Waals surface area contributed by atoms with Gasteiger partial charge in [-0.25, -0.2) is 13.2 Å². The number of nitrogens with one attached hydrogen (secondary N) is 2. The lowest BCUT2D eigenvalue weighted by atomic mass is 9.92. The molecule has 5 nitrogen and oxygen atoms in total. The van der Waals surface area contributed by atoms with Crippen LogP contribution in [0.3, 0.4) is 0 Å². The summed E-state index contributed by atoms with van der Waals surface area (Å²) >= 11 is 6.29. The molecule has 1 aliphatic rings. The number of para-hydroxylation sites is 1. The minimum Gasteiger partial charge on any atom is -0.493 e. The number of carbonyl (C=O) groups excluding carboxylic acids is 2. The fourth-order valence-electron chi connectivity index (χ4n) is 4.68. The SMILES string of the molecule is COc1c(F)cccc1-c1cc(NC(=O)c2cc(F)cc(C(F)(F)F)c2)c2c(c1)C(=O)NC2c1cc(F)ccc1Cl. The van der Waals surface area contributed by atoms with Crippen LogP contribution in [0.4, 0.5) is 32.0 Å². The molecule has 4 aromatic carbocycles. The number of ether oxygens (including phenoxy) is 1. The summed E-state index contributed by atoms with van der Waals surface area (Å²) < 4.78 is 87.8. The summed E-state index contributed by atoms with van der Waals surface area (Å²) in [6.45, 7) is 0. The zero-order chi connectivity index (χ0) is 29.6. The minimum atomic E-state index is -4.93. The third-order valence-corrected chi connectivity index (χ3v) is 6.82. The van der Waals surface area contributed by atoms with Crippen LogP contribution in [0.2, 0.25) is 5.02 Å². The molecule has 1 heterocycles. The summed E-state index contributed by atoms with van der Waals surface area (Å²) in [5, 5.41) is 5.18. The Morgan fingerprint density at radius 1 is 0.951 bits per heavy atom. The van der Waals surface area contributed by atoms with Gasteiger partial charge in [0.15, 0.2) is 11.6 Å². The van der Waals surface area contributed by atoms with E-state index in [0.29, 0.717) is 12.1 Å². The maximum Gasteiger partial charge on any atom is 0.416 e. The quantitative estimate of drug-likeness (QED) is 0.236. The van der Waals surface area contributed by atoms with Crippen LogP contribution in [0.1, 0.15) is 43.4 Å². The first-order valence-electron chi connectivity index (χ1n) is 11.8. The molecule has 0 fully saturated rings. The first-order valence-corrected chi connectivity index (χ1v) is 12.2. The van der Waals surface area contributed by atoms with Gasteiger partial charge in [-0.3, -0.25) is 9.59 Å². The number of amides is 2. The van der Waals surface area contributed by atoms with Crippen molar-refractivity contribution in [2.24, 2.45) is 0 Å². The summed E-state index contributed by atoms with van der Waals surface area (Å²) in [6, 6.07) is 10.5. The lowest BCUT2D eigenvalue weighted by molar-refractivity contribution is -0.137. The second-order valence-corrected chi connectivity index (χ2v) is 9.47. The van der Waals surface area contributed by atoms with E-state index in [-0.39, 0.29) is 50.3 Å². The molecule has 1 atom stereocenters. The molecule has 12 heteroatoms. The summed E-state index contributed by atoms with van der Waals surface area (Å²) in [7, 11) is 1.23.